The van der Waals surface area contributed by atoms with E-state index in [0.29, 0.717) is 11.0 Å². The number of aromatic nitrogens is 2. The molecule has 14 heteroatoms. The molecular weight excluding hydrogens is 502 g/mol. The standard InChI is InChI=1S/C20H20Cl2F3N5O4/c1-18(2,3)34-17(33)29-6-4-5-12(29)14(31)28-19(20(23,24)25)15(32)27-16-26-11-7-9(21)10(22)8-13(11)30(16)19/h7-8,12H,4-6H2,1-3H3,(H,28,31)(H,26,27,32)/t12-,19?/m0/s1. The first-order valence-corrected chi connectivity index (χ1v) is 11.0. The molecule has 0 spiro atoms. The van der Waals surface area contributed by atoms with Crippen LogP contribution in [0.1, 0.15) is 33.6 Å². The second-order valence-corrected chi connectivity index (χ2v) is 9.82. The number of likely N-dealkylation sites (tertiary alicyclic amines) is 1. The number of anilines is 1. The Morgan fingerprint density at radius 3 is 2.50 bits per heavy atom. The fraction of sp³-hybridized carbons (Fsp3) is 0.500. The molecule has 3 amide bonds. The topological polar surface area (TPSA) is 106 Å². The molecule has 1 fully saturated rings. The summed E-state index contributed by atoms with van der Waals surface area (Å²) in [6.45, 7) is 4.99. The maximum Gasteiger partial charge on any atom is 0.440 e. The normalized spacial score (nSPS) is 22.6. The molecule has 2 aromatic rings. The van der Waals surface area contributed by atoms with Gasteiger partial charge in [-0.05, 0) is 45.7 Å². The number of nitrogens with one attached hydrogen (secondary N) is 2. The number of imidazole rings is 1. The van der Waals surface area contributed by atoms with E-state index >= 15 is 0 Å². The molecule has 4 rings (SSSR count). The molecule has 34 heavy (non-hydrogen) atoms. The maximum atomic E-state index is 14.6. The zero-order chi connectivity index (χ0) is 25.2. The van der Waals surface area contributed by atoms with Gasteiger partial charge in [0.1, 0.15) is 11.6 Å². The number of fused-ring (bicyclic) bond motifs is 3. The third-order valence-electron chi connectivity index (χ3n) is 5.48. The molecule has 0 radical (unpaired) electrons. The molecule has 0 saturated carbocycles. The third-order valence-corrected chi connectivity index (χ3v) is 6.21. The summed E-state index contributed by atoms with van der Waals surface area (Å²) in [5.41, 5.74) is -4.53. The predicted octanol–water partition coefficient (Wildman–Crippen LogP) is 4.03. The molecule has 9 nitrogen and oxygen atoms in total. The summed E-state index contributed by atoms with van der Waals surface area (Å²) in [4.78, 5) is 43.5. The van der Waals surface area contributed by atoms with Crippen LogP contribution in [0.15, 0.2) is 12.1 Å². The van der Waals surface area contributed by atoms with Crippen LogP contribution in [0.3, 0.4) is 0 Å². The number of rotatable bonds is 2. The number of halogens is 5. The maximum absolute atomic E-state index is 14.6. The van der Waals surface area contributed by atoms with Crippen LogP contribution in [0.5, 0.6) is 0 Å². The summed E-state index contributed by atoms with van der Waals surface area (Å²) in [5, 5.41) is 3.92. The zero-order valence-corrected chi connectivity index (χ0v) is 19.7. The molecule has 2 atom stereocenters. The van der Waals surface area contributed by atoms with Crippen LogP contribution in [0.4, 0.5) is 23.9 Å². The first kappa shape index (κ1) is 24.4. The molecule has 3 heterocycles. The van der Waals surface area contributed by atoms with Crippen LogP contribution in [-0.4, -0.2) is 56.7 Å². The largest absolute Gasteiger partial charge is 0.444 e. The van der Waals surface area contributed by atoms with Gasteiger partial charge in [-0.3, -0.25) is 24.4 Å². The van der Waals surface area contributed by atoms with Gasteiger partial charge in [0.05, 0.1) is 21.1 Å². The van der Waals surface area contributed by atoms with Gasteiger partial charge in [0.25, 0.3) is 11.6 Å². The van der Waals surface area contributed by atoms with Gasteiger partial charge in [-0.15, -0.1) is 0 Å². The molecule has 0 bridgehead atoms. The van der Waals surface area contributed by atoms with Gasteiger partial charge in [-0.2, -0.15) is 13.2 Å². The predicted molar refractivity (Wildman–Crippen MR) is 117 cm³/mol. The van der Waals surface area contributed by atoms with E-state index in [-0.39, 0.29) is 34.0 Å². The molecule has 184 valence electrons. The summed E-state index contributed by atoms with van der Waals surface area (Å²) in [6.07, 6.45) is -5.65. The van der Waals surface area contributed by atoms with Crippen LogP contribution in [-0.2, 0) is 20.0 Å². The van der Waals surface area contributed by atoms with Crippen molar-refractivity contribution in [1.82, 2.24) is 19.8 Å². The second kappa shape index (κ2) is 7.91. The number of hydrogen-bond acceptors (Lipinski definition) is 5. The van der Waals surface area contributed by atoms with Crippen molar-refractivity contribution in [3.05, 3.63) is 22.2 Å². The Hall–Kier alpha value is -2.73. The number of benzene rings is 1. The Bertz CT molecular complexity index is 1210. The van der Waals surface area contributed by atoms with Gasteiger partial charge in [-0.1, -0.05) is 23.2 Å². The third kappa shape index (κ3) is 3.82. The van der Waals surface area contributed by atoms with Gasteiger partial charge >= 0.3 is 12.3 Å². The van der Waals surface area contributed by atoms with Crippen LogP contribution in [0.2, 0.25) is 10.0 Å². The van der Waals surface area contributed by atoms with Crippen molar-refractivity contribution >= 4 is 58.1 Å². The number of nitrogens with zero attached hydrogens (tertiary/aromatic N) is 3. The van der Waals surface area contributed by atoms with E-state index in [1.54, 1.807) is 20.8 Å². The van der Waals surface area contributed by atoms with Gasteiger partial charge in [0, 0.05) is 6.54 Å². The zero-order valence-electron chi connectivity index (χ0n) is 18.2. The van der Waals surface area contributed by atoms with E-state index in [0.717, 1.165) is 11.0 Å². The Morgan fingerprint density at radius 1 is 1.24 bits per heavy atom. The van der Waals surface area contributed by atoms with Gasteiger partial charge in [0.15, 0.2) is 0 Å². The minimum Gasteiger partial charge on any atom is -0.444 e. The fourth-order valence-electron chi connectivity index (χ4n) is 4.07. The first-order valence-electron chi connectivity index (χ1n) is 10.2. The monoisotopic (exact) mass is 521 g/mol. The van der Waals surface area contributed by atoms with Crippen molar-refractivity contribution in [1.29, 1.82) is 0 Å². The fourth-order valence-corrected chi connectivity index (χ4v) is 4.38. The number of amides is 3. The lowest BCUT2D eigenvalue weighted by Crippen LogP contribution is -2.65. The Labute approximate surface area is 201 Å². The Balaban J connectivity index is 1.76. The highest BCUT2D eigenvalue weighted by molar-refractivity contribution is 6.42. The number of carbonyl (C=O) groups excluding carboxylic acids is 3. The summed E-state index contributed by atoms with van der Waals surface area (Å²) in [5.74, 6) is -3.15. The summed E-state index contributed by atoms with van der Waals surface area (Å²) in [6, 6.07) is 1.12. The SMILES string of the molecule is CC(C)(C)OC(=O)N1CCC[C@H]1C(=O)NC1(C(F)(F)F)C(=O)Nc2nc3cc(Cl)c(Cl)cc3n21. The average molecular weight is 522 g/mol. The molecule has 1 saturated heterocycles. The summed E-state index contributed by atoms with van der Waals surface area (Å²) >= 11 is 12.0. The molecule has 2 aliphatic heterocycles. The van der Waals surface area contributed by atoms with Crippen molar-refractivity contribution in [2.24, 2.45) is 0 Å². The van der Waals surface area contributed by atoms with Crippen LogP contribution in [0.25, 0.3) is 11.0 Å². The second-order valence-electron chi connectivity index (χ2n) is 9.01. The minimum atomic E-state index is -5.28. The first-order chi connectivity index (χ1) is 15.7. The molecule has 1 aromatic carbocycles. The number of ether oxygens (including phenoxy) is 1. The summed E-state index contributed by atoms with van der Waals surface area (Å²) in [7, 11) is 0. The van der Waals surface area contributed by atoms with E-state index < -0.39 is 47.3 Å². The minimum absolute atomic E-state index is 0.0310. The van der Waals surface area contributed by atoms with Gasteiger partial charge in [0.2, 0.25) is 11.9 Å². The van der Waals surface area contributed by atoms with E-state index in [1.165, 1.54) is 6.07 Å². The average Bonchev–Trinajstić information content (AvgIpc) is 3.35. The van der Waals surface area contributed by atoms with Crippen LogP contribution in [0, 0.1) is 0 Å². The lowest BCUT2D eigenvalue weighted by Gasteiger charge is -2.34. The highest BCUT2D eigenvalue weighted by atomic mass is 35.5. The van der Waals surface area contributed by atoms with Crippen LogP contribution < -0.4 is 10.6 Å². The van der Waals surface area contributed by atoms with Gasteiger partial charge in [-0.25, -0.2) is 9.78 Å². The van der Waals surface area contributed by atoms with Crippen LogP contribution >= 0.6 is 23.2 Å². The van der Waals surface area contributed by atoms with Crippen molar-refractivity contribution in [2.75, 3.05) is 11.9 Å². The molecule has 1 aromatic heterocycles. The van der Waals surface area contributed by atoms with E-state index in [2.05, 4.69) is 10.3 Å². The molecular formula is C20H20Cl2F3N5O4. The molecule has 1 unspecified atom stereocenters. The van der Waals surface area contributed by atoms with Crippen molar-refractivity contribution < 1.29 is 32.3 Å². The molecule has 2 N–H and O–H groups in total. The Morgan fingerprint density at radius 2 is 1.88 bits per heavy atom. The number of carbonyl (C=O) groups is 3. The lowest BCUT2D eigenvalue weighted by molar-refractivity contribution is -0.218. The highest BCUT2D eigenvalue weighted by Gasteiger charge is 2.68. The quantitative estimate of drug-likeness (QED) is 0.620. The molecule has 2 aliphatic rings. The Kier molecular flexibility index (Phi) is 5.67. The lowest BCUT2D eigenvalue weighted by atomic mass is 10.1. The highest BCUT2D eigenvalue weighted by Crippen LogP contribution is 2.45. The summed E-state index contributed by atoms with van der Waals surface area (Å²) < 4.78 is 49.5. The number of hydrogen-bond donors (Lipinski definition) is 2. The van der Waals surface area contributed by atoms with Gasteiger partial charge < -0.3 is 10.1 Å². The number of alkyl halides is 3. The molecule has 0 aliphatic carbocycles. The van der Waals surface area contributed by atoms with E-state index in [1.807, 2.05) is 5.32 Å². The van der Waals surface area contributed by atoms with E-state index in [4.69, 9.17) is 27.9 Å². The van der Waals surface area contributed by atoms with Crippen molar-refractivity contribution in [3.8, 4) is 0 Å². The smallest absolute Gasteiger partial charge is 0.440 e. The van der Waals surface area contributed by atoms with E-state index in [9.17, 15) is 27.6 Å². The van der Waals surface area contributed by atoms with Crippen molar-refractivity contribution in [3.63, 3.8) is 0 Å². The van der Waals surface area contributed by atoms with Crippen molar-refractivity contribution in [2.45, 2.75) is 57.1 Å².